The van der Waals surface area contributed by atoms with E-state index < -0.39 is 18.3 Å². The molecule has 1 aliphatic heterocycles. The van der Waals surface area contributed by atoms with Crippen molar-refractivity contribution < 1.29 is 18.9 Å². The Hall–Kier alpha value is -6.58. The zero-order chi connectivity index (χ0) is 45.6. The fourth-order valence-corrected chi connectivity index (χ4v) is 8.38. The molecule has 0 N–H and O–H groups in total. The summed E-state index contributed by atoms with van der Waals surface area (Å²) in [5, 5.41) is 0. The third-order valence-electron chi connectivity index (χ3n) is 12.1. The third kappa shape index (κ3) is 10.5. The highest BCUT2D eigenvalue weighted by atomic mass is 79.9. The van der Waals surface area contributed by atoms with E-state index in [4.69, 9.17) is 9.31 Å². The Morgan fingerprint density at radius 1 is 0.508 bits per heavy atom. The lowest BCUT2D eigenvalue weighted by atomic mass is 9.75. The SMILES string of the molecule is CC(=O)CC(=O)Cc1ccccc1Br.CC1(C)OB(c2cc(-c3ccccc3-c3ccc(-c4ccccn4)cc3)cc(-c3ccccc3-c3ccc(-c4ccccn4)cc3)c2)OC1(C)C. The highest BCUT2D eigenvalue weighted by molar-refractivity contribution is 9.10. The van der Waals surface area contributed by atoms with Crippen molar-refractivity contribution in [2.75, 3.05) is 0 Å². The van der Waals surface area contributed by atoms with Crippen molar-refractivity contribution in [1.82, 2.24) is 9.97 Å². The largest absolute Gasteiger partial charge is 0.494 e. The monoisotopic (exact) mass is 916 g/mol. The summed E-state index contributed by atoms with van der Waals surface area (Å²) in [7, 11) is -0.511. The minimum Gasteiger partial charge on any atom is -0.399 e. The van der Waals surface area contributed by atoms with Gasteiger partial charge in [0, 0.05) is 34.4 Å². The maximum absolute atomic E-state index is 11.3. The third-order valence-corrected chi connectivity index (χ3v) is 12.8. The Labute approximate surface area is 391 Å². The Morgan fingerprint density at radius 3 is 1.32 bits per heavy atom. The molecule has 0 amide bonds. The lowest BCUT2D eigenvalue weighted by Gasteiger charge is -2.32. The van der Waals surface area contributed by atoms with E-state index in [9.17, 15) is 9.59 Å². The average Bonchev–Trinajstić information content (AvgIpc) is 3.55. The van der Waals surface area contributed by atoms with Crippen molar-refractivity contribution in [2.24, 2.45) is 0 Å². The predicted octanol–water partition coefficient (Wildman–Crippen LogP) is 13.3. The van der Waals surface area contributed by atoms with Crippen LogP contribution in [0.25, 0.3) is 67.0 Å². The number of carbonyl (C=O) groups is 2. The zero-order valence-corrected chi connectivity index (χ0v) is 38.9. The smallest absolute Gasteiger partial charge is 0.399 e. The molecule has 8 aromatic rings. The number of pyridine rings is 2. The van der Waals surface area contributed by atoms with Crippen LogP contribution < -0.4 is 5.46 Å². The Morgan fingerprint density at radius 2 is 0.908 bits per heavy atom. The molecule has 3 heterocycles. The van der Waals surface area contributed by atoms with Gasteiger partial charge in [0.2, 0.25) is 0 Å². The standard InChI is InChI=1S/C46H39BN2O2.C11H11BrO2/c1-45(2)46(3,4)51-47(50-45)38-30-36(41-15-7-5-13-39(41)32-19-23-34(24-20-32)43-17-9-11-27-48-43)29-37(31-38)42-16-8-6-14-40(42)33-21-25-35(26-22-33)44-18-10-12-28-49-44;1-8(13)6-10(14)7-9-4-2-3-5-11(9)12/h5-31H,1-4H3;2-5H,6-7H2,1H3. The number of ketones is 2. The van der Waals surface area contributed by atoms with E-state index in [0.29, 0.717) is 6.42 Å². The molecule has 8 heteroatoms. The first-order valence-corrected chi connectivity index (χ1v) is 22.6. The number of aromatic nitrogens is 2. The summed E-state index contributed by atoms with van der Waals surface area (Å²) in [5.74, 6) is -0.119. The van der Waals surface area contributed by atoms with E-state index in [0.717, 1.165) is 82.5 Å². The molecule has 0 saturated carbocycles. The molecular formula is C57H50BBrN2O4. The van der Waals surface area contributed by atoms with Gasteiger partial charge in [-0.05, 0) is 127 Å². The van der Waals surface area contributed by atoms with Gasteiger partial charge in [0.05, 0.1) is 29.0 Å². The number of hydrogen-bond acceptors (Lipinski definition) is 6. The summed E-state index contributed by atoms with van der Waals surface area (Å²) in [4.78, 5) is 31.1. The number of benzene rings is 6. The van der Waals surface area contributed by atoms with Crippen molar-refractivity contribution in [3.05, 3.63) is 198 Å². The summed E-state index contributed by atoms with van der Waals surface area (Å²) in [6.07, 6.45) is 4.01. The van der Waals surface area contributed by atoms with Crippen LogP contribution in [0, 0.1) is 0 Å². The molecule has 6 nitrogen and oxygen atoms in total. The van der Waals surface area contributed by atoms with Crippen LogP contribution in [0.15, 0.2) is 193 Å². The molecule has 65 heavy (non-hydrogen) atoms. The molecule has 322 valence electrons. The number of nitrogens with zero attached hydrogens (tertiary/aromatic N) is 2. The fraction of sp³-hybridized carbons (Fsp3) is 0.158. The highest BCUT2D eigenvalue weighted by Gasteiger charge is 2.51. The first-order valence-electron chi connectivity index (χ1n) is 21.8. The molecule has 0 radical (unpaired) electrons. The second-order valence-electron chi connectivity index (χ2n) is 17.3. The molecule has 0 unspecified atom stereocenters. The summed E-state index contributed by atoms with van der Waals surface area (Å²) < 4.78 is 14.2. The second kappa shape index (κ2) is 19.7. The van der Waals surface area contributed by atoms with Gasteiger partial charge in [0.15, 0.2) is 0 Å². The molecule has 9 rings (SSSR count). The van der Waals surface area contributed by atoms with Crippen LogP contribution in [0.4, 0.5) is 0 Å². The lowest BCUT2D eigenvalue weighted by molar-refractivity contribution is -0.125. The van der Waals surface area contributed by atoms with Crippen molar-refractivity contribution >= 4 is 40.1 Å². The van der Waals surface area contributed by atoms with E-state index >= 15 is 0 Å². The Balaban J connectivity index is 0.000000353. The molecule has 0 atom stereocenters. The molecular weight excluding hydrogens is 867 g/mol. The van der Waals surface area contributed by atoms with E-state index in [-0.39, 0.29) is 18.0 Å². The first-order chi connectivity index (χ1) is 31.3. The van der Waals surface area contributed by atoms with Crippen LogP contribution in [0.5, 0.6) is 0 Å². The van der Waals surface area contributed by atoms with Gasteiger partial charge in [-0.25, -0.2) is 0 Å². The minimum absolute atomic E-state index is 0.0291. The van der Waals surface area contributed by atoms with Gasteiger partial charge in [0.25, 0.3) is 0 Å². The van der Waals surface area contributed by atoms with Crippen molar-refractivity contribution in [2.45, 2.75) is 58.7 Å². The number of halogens is 1. The zero-order valence-electron chi connectivity index (χ0n) is 37.3. The predicted molar refractivity (Wildman–Crippen MR) is 269 cm³/mol. The second-order valence-corrected chi connectivity index (χ2v) is 18.1. The lowest BCUT2D eigenvalue weighted by Crippen LogP contribution is -2.41. The molecule has 1 fully saturated rings. The van der Waals surface area contributed by atoms with E-state index in [2.05, 4.69) is 169 Å². The van der Waals surface area contributed by atoms with Crippen molar-refractivity contribution in [3.8, 4) is 67.0 Å². The number of Topliss-reactive ketones (excluding diaryl/α,β-unsaturated/α-hetero) is 2. The summed E-state index contributed by atoms with van der Waals surface area (Å²) >= 11 is 3.35. The van der Waals surface area contributed by atoms with Crippen LogP contribution in [0.1, 0.15) is 46.6 Å². The first kappa shape index (κ1) is 45.0. The van der Waals surface area contributed by atoms with Crippen LogP contribution in [-0.2, 0) is 25.3 Å². The summed E-state index contributed by atoms with van der Waals surface area (Å²) in [6, 6.07) is 60.9. The number of rotatable bonds is 11. The van der Waals surface area contributed by atoms with Crippen LogP contribution in [-0.4, -0.2) is 39.9 Å². The summed E-state index contributed by atoms with van der Waals surface area (Å²) in [6.45, 7) is 9.84. The van der Waals surface area contributed by atoms with E-state index in [1.54, 1.807) is 0 Å². The van der Waals surface area contributed by atoms with Gasteiger partial charge in [0.1, 0.15) is 11.6 Å². The maximum Gasteiger partial charge on any atom is 0.494 e. The molecule has 0 aliphatic carbocycles. The van der Waals surface area contributed by atoms with E-state index in [1.807, 2.05) is 73.1 Å². The van der Waals surface area contributed by atoms with Gasteiger partial charge in [-0.3, -0.25) is 19.6 Å². The highest BCUT2D eigenvalue weighted by Crippen LogP contribution is 2.40. The molecule has 0 spiro atoms. The van der Waals surface area contributed by atoms with Gasteiger partial charge >= 0.3 is 7.12 Å². The molecule has 0 bridgehead atoms. The van der Waals surface area contributed by atoms with Gasteiger partial charge in [-0.15, -0.1) is 0 Å². The molecule has 1 aliphatic rings. The molecule has 6 aromatic carbocycles. The average molecular weight is 918 g/mol. The Kier molecular flexibility index (Phi) is 13.6. The van der Waals surface area contributed by atoms with Crippen LogP contribution in [0.2, 0.25) is 0 Å². The number of hydrogen-bond donors (Lipinski definition) is 0. The maximum atomic E-state index is 11.3. The van der Waals surface area contributed by atoms with Gasteiger partial charge < -0.3 is 9.31 Å². The summed E-state index contributed by atoms with van der Waals surface area (Å²) in [5.41, 5.74) is 14.2. The topological polar surface area (TPSA) is 78.4 Å². The molecule has 1 saturated heterocycles. The quantitative estimate of drug-likeness (QED) is 0.0950. The van der Waals surface area contributed by atoms with E-state index in [1.165, 1.54) is 6.92 Å². The minimum atomic E-state index is -0.511. The number of carbonyl (C=O) groups excluding carboxylic acids is 2. The van der Waals surface area contributed by atoms with Crippen molar-refractivity contribution in [1.29, 1.82) is 0 Å². The Bertz CT molecular complexity index is 2780. The molecule has 2 aromatic heterocycles. The fourth-order valence-electron chi connectivity index (χ4n) is 7.95. The van der Waals surface area contributed by atoms with Crippen LogP contribution >= 0.6 is 15.9 Å². The van der Waals surface area contributed by atoms with Gasteiger partial charge in [-0.1, -0.05) is 155 Å². The normalized spacial score (nSPS) is 13.7. The van der Waals surface area contributed by atoms with Gasteiger partial charge in [-0.2, -0.15) is 0 Å². The van der Waals surface area contributed by atoms with Crippen molar-refractivity contribution in [3.63, 3.8) is 0 Å². The van der Waals surface area contributed by atoms with Crippen LogP contribution in [0.3, 0.4) is 0 Å².